The van der Waals surface area contributed by atoms with E-state index in [4.69, 9.17) is 5.73 Å². The highest BCUT2D eigenvalue weighted by atomic mass is 35.5. The van der Waals surface area contributed by atoms with Crippen LogP contribution in [-0.2, 0) is 0 Å². The SMILES string of the molecule is CC1CC(N)CCC1(C)C.Cl. The van der Waals surface area contributed by atoms with Crippen molar-refractivity contribution in [1.29, 1.82) is 0 Å². The summed E-state index contributed by atoms with van der Waals surface area (Å²) in [6, 6.07) is 0.475. The summed E-state index contributed by atoms with van der Waals surface area (Å²) >= 11 is 0. The molecule has 0 saturated heterocycles. The van der Waals surface area contributed by atoms with Crippen molar-refractivity contribution in [1.82, 2.24) is 0 Å². The second-order valence-electron chi connectivity index (χ2n) is 4.42. The molecule has 68 valence electrons. The summed E-state index contributed by atoms with van der Waals surface area (Å²) in [5.74, 6) is 0.802. The Balaban J connectivity index is 0.000001000. The van der Waals surface area contributed by atoms with Crippen molar-refractivity contribution in [2.24, 2.45) is 17.1 Å². The molecule has 0 aliphatic heterocycles. The zero-order valence-electron chi connectivity index (χ0n) is 7.76. The Kier molecular flexibility index (Phi) is 3.86. The lowest BCUT2D eigenvalue weighted by Crippen LogP contribution is -2.36. The lowest BCUT2D eigenvalue weighted by molar-refractivity contribution is 0.139. The van der Waals surface area contributed by atoms with Gasteiger partial charge in [-0.15, -0.1) is 12.4 Å². The molecule has 1 aliphatic carbocycles. The van der Waals surface area contributed by atoms with Gasteiger partial charge in [-0.2, -0.15) is 0 Å². The van der Waals surface area contributed by atoms with Crippen molar-refractivity contribution in [3.8, 4) is 0 Å². The summed E-state index contributed by atoms with van der Waals surface area (Å²) in [5, 5.41) is 0. The summed E-state index contributed by atoms with van der Waals surface area (Å²) in [6.45, 7) is 7.02. The topological polar surface area (TPSA) is 26.0 Å². The Morgan fingerprint density at radius 3 is 2.27 bits per heavy atom. The molecule has 2 N–H and O–H groups in total. The molecule has 0 aromatic heterocycles. The molecule has 2 unspecified atom stereocenters. The van der Waals surface area contributed by atoms with Crippen LogP contribution in [0.4, 0.5) is 0 Å². The average Bonchev–Trinajstić information content (AvgIpc) is 1.81. The van der Waals surface area contributed by atoms with Gasteiger partial charge in [-0.25, -0.2) is 0 Å². The first-order valence-electron chi connectivity index (χ1n) is 4.28. The molecule has 2 atom stereocenters. The first-order chi connectivity index (χ1) is 4.52. The fourth-order valence-electron chi connectivity index (χ4n) is 1.69. The molecule has 0 spiro atoms. The highest BCUT2D eigenvalue weighted by Crippen LogP contribution is 2.39. The third-order valence-corrected chi connectivity index (χ3v) is 3.15. The summed E-state index contributed by atoms with van der Waals surface area (Å²) in [6.07, 6.45) is 3.74. The van der Waals surface area contributed by atoms with Gasteiger partial charge in [0.1, 0.15) is 0 Å². The monoisotopic (exact) mass is 177 g/mol. The number of hydrogen-bond donors (Lipinski definition) is 1. The maximum Gasteiger partial charge on any atom is 0.00417 e. The number of halogens is 1. The predicted molar refractivity (Wildman–Crippen MR) is 52.0 cm³/mol. The summed E-state index contributed by atoms with van der Waals surface area (Å²) in [4.78, 5) is 0. The Morgan fingerprint density at radius 1 is 1.36 bits per heavy atom. The van der Waals surface area contributed by atoms with Crippen LogP contribution in [0, 0.1) is 11.3 Å². The highest BCUT2D eigenvalue weighted by Gasteiger charge is 2.31. The van der Waals surface area contributed by atoms with Gasteiger partial charge in [-0.3, -0.25) is 0 Å². The van der Waals surface area contributed by atoms with Gasteiger partial charge in [-0.05, 0) is 30.6 Å². The van der Waals surface area contributed by atoms with E-state index in [0.717, 1.165) is 5.92 Å². The maximum atomic E-state index is 5.85. The van der Waals surface area contributed by atoms with Crippen molar-refractivity contribution < 1.29 is 0 Å². The maximum absolute atomic E-state index is 5.85. The van der Waals surface area contributed by atoms with Crippen molar-refractivity contribution in [2.75, 3.05) is 0 Å². The van der Waals surface area contributed by atoms with Crippen LogP contribution in [0.15, 0.2) is 0 Å². The molecule has 0 bridgehead atoms. The zero-order chi connectivity index (χ0) is 7.78. The second-order valence-corrected chi connectivity index (χ2v) is 4.42. The first-order valence-corrected chi connectivity index (χ1v) is 4.28. The molecular weight excluding hydrogens is 158 g/mol. The lowest BCUT2D eigenvalue weighted by Gasteiger charge is -2.39. The van der Waals surface area contributed by atoms with Crippen LogP contribution in [0.25, 0.3) is 0 Å². The quantitative estimate of drug-likeness (QED) is 0.605. The van der Waals surface area contributed by atoms with E-state index in [1.165, 1.54) is 19.3 Å². The van der Waals surface area contributed by atoms with Gasteiger partial charge in [0.25, 0.3) is 0 Å². The van der Waals surface area contributed by atoms with E-state index in [-0.39, 0.29) is 12.4 Å². The largest absolute Gasteiger partial charge is 0.328 e. The summed E-state index contributed by atoms with van der Waals surface area (Å²) < 4.78 is 0. The number of hydrogen-bond acceptors (Lipinski definition) is 1. The molecule has 11 heavy (non-hydrogen) atoms. The number of nitrogens with two attached hydrogens (primary N) is 1. The van der Waals surface area contributed by atoms with Crippen molar-refractivity contribution in [2.45, 2.75) is 46.1 Å². The van der Waals surface area contributed by atoms with Crippen LogP contribution in [0.1, 0.15) is 40.0 Å². The fourth-order valence-corrected chi connectivity index (χ4v) is 1.69. The Hall–Kier alpha value is 0.250. The minimum absolute atomic E-state index is 0. The Bertz CT molecular complexity index is 123. The third kappa shape index (κ3) is 2.64. The predicted octanol–water partition coefficient (Wildman–Crippen LogP) is 2.58. The molecule has 1 nitrogen and oxygen atoms in total. The van der Waals surface area contributed by atoms with Crippen LogP contribution in [0.3, 0.4) is 0 Å². The molecule has 0 aromatic rings. The first kappa shape index (κ1) is 11.2. The average molecular weight is 178 g/mol. The Morgan fingerprint density at radius 2 is 1.91 bits per heavy atom. The van der Waals surface area contributed by atoms with Crippen molar-refractivity contribution in [3.05, 3.63) is 0 Å². The normalized spacial score (nSPS) is 36.0. The van der Waals surface area contributed by atoms with Gasteiger partial charge in [0.05, 0.1) is 0 Å². The molecule has 0 radical (unpaired) electrons. The molecule has 0 amide bonds. The standard InChI is InChI=1S/C9H19N.ClH/c1-7-6-8(10)4-5-9(7,2)3;/h7-8H,4-6,10H2,1-3H3;1H. The molecular formula is C9H20ClN. The zero-order valence-corrected chi connectivity index (χ0v) is 8.58. The minimum atomic E-state index is 0. The van der Waals surface area contributed by atoms with Crippen molar-refractivity contribution >= 4 is 12.4 Å². The molecule has 1 rings (SSSR count). The van der Waals surface area contributed by atoms with E-state index < -0.39 is 0 Å². The van der Waals surface area contributed by atoms with Gasteiger partial charge in [0, 0.05) is 6.04 Å². The van der Waals surface area contributed by atoms with Crippen LogP contribution in [-0.4, -0.2) is 6.04 Å². The van der Waals surface area contributed by atoms with E-state index >= 15 is 0 Å². The molecule has 1 aliphatic rings. The van der Waals surface area contributed by atoms with E-state index in [0.29, 0.717) is 11.5 Å². The summed E-state index contributed by atoms with van der Waals surface area (Å²) in [5.41, 5.74) is 6.38. The van der Waals surface area contributed by atoms with E-state index in [2.05, 4.69) is 20.8 Å². The third-order valence-electron chi connectivity index (χ3n) is 3.15. The molecule has 1 saturated carbocycles. The fraction of sp³-hybridized carbons (Fsp3) is 1.00. The van der Waals surface area contributed by atoms with Gasteiger partial charge in [0.2, 0.25) is 0 Å². The highest BCUT2D eigenvalue weighted by molar-refractivity contribution is 5.85. The van der Waals surface area contributed by atoms with Gasteiger partial charge in [0.15, 0.2) is 0 Å². The van der Waals surface area contributed by atoms with Crippen molar-refractivity contribution in [3.63, 3.8) is 0 Å². The molecule has 1 fully saturated rings. The smallest absolute Gasteiger partial charge is 0.00417 e. The van der Waals surface area contributed by atoms with Crippen LogP contribution in [0.2, 0.25) is 0 Å². The Labute approximate surface area is 76.1 Å². The van der Waals surface area contributed by atoms with Gasteiger partial charge < -0.3 is 5.73 Å². The van der Waals surface area contributed by atoms with E-state index in [1.54, 1.807) is 0 Å². The molecule has 0 heterocycles. The van der Waals surface area contributed by atoms with E-state index in [9.17, 15) is 0 Å². The van der Waals surface area contributed by atoms with Crippen LogP contribution in [0.5, 0.6) is 0 Å². The van der Waals surface area contributed by atoms with E-state index in [1.807, 2.05) is 0 Å². The summed E-state index contributed by atoms with van der Waals surface area (Å²) in [7, 11) is 0. The van der Waals surface area contributed by atoms with Crippen LogP contribution < -0.4 is 5.73 Å². The van der Waals surface area contributed by atoms with Crippen LogP contribution >= 0.6 is 12.4 Å². The second kappa shape index (κ2) is 3.77. The lowest BCUT2D eigenvalue weighted by atomic mass is 9.68. The minimum Gasteiger partial charge on any atom is -0.328 e. The number of rotatable bonds is 0. The van der Waals surface area contributed by atoms with Gasteiger partial charge in [-0.1, -0.05) is 20.8 Å². The molecule has 2 heteroatoms. The molecule has 0 aromatic carbocycles. The van der Waals surface area contributed by atoms with Gasteiger partial charge >= 0.3 is 0 Å².